The number of halogens is 3. The summed E-state index contributed by atoms with van der Waals surface area (Å²) in [6.07, 6.45) is -0.792. The average molecular weight is 237 g/mol. The fourth-order valence-corrected chi connectivity index (χ4v) is 1.18. The molecule has 0 aliphatic rings. The quantitative estimate of drug-likeness (QED) is 0.783. The van der Waals surface area contributed by atoms with Crippen LogP contribution in [0.25, 0.3) is 0 Å². The van der Waals surface area contributed by atoms with Crippen LogP contribution in [0.3, 0.4) is 0 Å². The highest BCUT2D eigenvalue weighted by Gasteiger charge is 2.08. The fraction of sp³-hybridized carbons (Fsp3) is 0.250. The first kappa shape index (κ1) is 9.61. The summed E-state index contributed by atoms with van der Waals surface area (Å²) in [7, 11) is 0. The predicted octanol–water partition coefficient (Wildman–Crippen LogP) is 2.39. The van der Waals surface area contributed by atoms with E-state index in [1.807, 2.05) is 0 Å². The topological polar surface area (TPSA) is 20.2 Å². The van der Waals surface area contributed by atoms with E-state index < -0.39 is 17.7 Å². The van der Waals surface area contributed by atoms with Crippen molar-refractivity contribution < 1.29 is 13.9 Å². The van der Waals surface area contributed by atoms with Crippen LogP contribution in [0.2, 0.25) is 0 Å². The zero-order valence-corrected chi connectivity index (χ0v) is 7.68. The maximum absolute atomic E-state index is 12.6. The summed E-state index contributed by atoms with van der Waals surface area (Å²) in [5.74, 6) is -1.84. The van der Waals surface area contributed by atoms with Crippen molar-refractivity contribution in [1.82, 2.24) is 0 Å². The Morgan fingerprint density at radius 3 is 2.50 bits per heavy atom. The van der Waals surface area contributed by atoms with Crippen LogP contribution in [0.1, 0.15) is 11.7 Å². The first-order valence-corrected chi connectivity index (χ1v) is 4.46. The molecular formula is C8H7BrF2O. The van der Waals surface area contributed by atoms with Crippen molar-refractivity contribution in [3.63, 3.8) is 0 Å². The molecule has 0 amide bonds. The number of aliphatic hydroxyl groups excluding tert-OH is 1. The molecule has 0 aromatic heterocycles. The minimum Gasteiger partial charge on any atom is -0.388 e. The zero-order valence-electron chi connectivity index (χ0n) is 6.10. The molecule has 0 bridgehead atoms. The summed E-state index contributed by atoms with van der Waals surface area (Å²) in [4.78, 5) is 0. The predicted molar refractivity (Wildman–Crippen MR) is 45.1 cm³/mol. The number of aliphatic hydroxyl groups is 1. The average Bonchev–Trinajstić information content (AvgIpc) is 2.08. The van der Waals surface area contributed by atoms with Crippen LogP contribution < -0.4 is 0 Å². The second-order valence-electron chi connectivity index (χ2n) is 2.34. The zero-order chi connectivity index (χ0) is 9.14. The second kappa shape index (κ2) is 3.96. The molecule has 1 unspecified atom stereocenters. The maximum Gasteiger partial charge on any atom is 0.159 e. The van der Waals surface area contributed by atoms with Crippen molar-refractivity contribution in [2.75, 3.05) is 5.33 Å². The van der Waals surface area contributed by atoms with Gasteiger partial charge in [0.05, 0.1) is 6.10 Å². The van der Waals surface area contributed by atoms with Crippen LogP contribution in [0, 0.1) is 11.6 Å². The van der Waals surface area contributed by atoms with Crippen LogP contribution in [-0.2, 0) is 0 Å². The Bertz CT molecular complexity index is 278. The van der Waals surface area contributed by atoms with Gasteiger partial charge in [-0.2, -0.15) is 0 Å². The van der Waals surface area contributed by atoms with Crippen LogP contribution in [0.4, 0.5) is 8.78 Å². The normalized spacial score (nSPS) is 13.0. The van der Waals surface area contributed by atoms with Crippen molar-refractivity contribution in [2.45, 2.75) is 6.10 Å². The molecule has 4 heteroatoms. The van der Waals surface area contributed by atoms with Gasteiger partial charge in [-0.05, 0) is 17.7 Å². The van der Waals surface area contributed by atoms with E-state index in [-0.39, 0.29) is 0 Å². The summed E-state index contributed by atoms with van der Waals surface area (Å²) in [5.41, 5.74) is 0.366. The summed E-state index contributed by atoms with van der Waals surface area (Å²) < 4.78 is 25.0. The van der Waals surface area contributed by atoms with Gasteiger partial charge in [0, 0.05) is 5.33 Å². The van der Waals surface area contributed by atoms with Crippen molar-refractivity contribution in [3.05, 3.63) is 35.4 Å². The lowest BCUT2D eigenvalue weighted by molar-refractivity contribution is 0.204. The van der Waals surface area contributed by atoms with E-state index in [4.69, 9.17) is 0 Å². The minimum atomic E-state index is -0.937. The third-order valence-electron chi connectivity index (χ3n) is 1.47. The third-order valence-corrected chi connectivity index (χ3v) is 2.09. The van der Waals surface area contributed by atoms with Gasteiger partial charge in [-0.3, -0.25) is 0 Å². The van der Waals surface area contributed by atoms with E-state index >= 15 is 0 Å². The highest BCUT2D eigenvalue weighted by Crippen LogP contribution is 2.17. The molecule has 1 atom stereocenters. The first-order valence-electron chi connectivity index (χ1n) is 3.34. The van der Waals surface area contributed by atoms with E-state index in [2.05, 4.69) is 15.9 Å². The van der Waals surface area contributed by atoms with Crippen LogP contribution in [0.15, 0.2) is 18.2 Å². The lowest BCUT2D eigenvalue weighted by atomic mass is 10.1. The molecule has 1 rings (SSSR count). The first-order chi connectivity index (χ1) is 5.65. The van der Waals surface area contributed by atoms with Gasteiger partial charge in [0.1, 0.15) is 0 Å². The Morgan fingerprint density at radius 1 is 1.33 bits per heavy atom. The molecule has 0 heterocycles. The molecule has 0 aliphatic heterocycles. The van der Waals surface area contributed by atoms with Gasteiger partial charge in [0.15, 0.2) is 11.6 Å². The van der Waals surface area contributed by atoms with Gasteiger partial charge in [0.25, 0.3) is 0 Å². The van der Waals surface area contributed by atoms with Crippen molar-refractivity contribution >= 4 is 15.9 Å². The molecular weight excluding hydrogens is 230 g/mol. The number of benzene rings is 1. The van der Waals surface area contributed by atoms with E-state index in [1.165, 1.54) is 6.07 Å². The van der Waals surface area contributed by atoms with E-state index in [1.54, 1.807) is 0 Å². The van der Waals surface area contributed by atoms with Crippen LogP contribution in [-0.4, -0.2) is 10.4 Å². The van der Waals surface area contributed by atoms with Gasteiger partial charge in [-0.15, -0.1) is 0 Å². The number of hydrogen-bond donors (Lipinski definition) is 1. The lowest BCUT2D eigenvalue weighted by Crippen LogP contribution is -1.99. The Kier molecular flexibility index (Phi) is 3.17. The number of hydrogen-bond acceptors (Lipinski definition) is 1. The van der Waals surface area contributed by atoms with Crippen LogP contribution >= 0.6 is 15.9 Å². The van der Waals surface area contributed by atoms with Crippen molar-refractivity contribution in [1.29, 1.82) is 0 Å². The number of rotatable bonds is 2. The Labute approximate surface area is 77.2 Å². The molecule has 0 fully saturated rings. The van der Waals surface area contributed by atoms with E-state index in [9.17, 15) is 13.9 Å². The van der Waals surface area contributed by atoms with Gasteiger partial charge >= 0.3 is 0 Å². The molecule has 0 radical (unpaired) electrons. The summed E-state index contributed by atoms with van der Waals surface area (Å²) in [5, 5.41) is 9.51. The lowest BCUT2D eigenvalue weighted by Gasteiger charge is -2.06. The SMILES string of the molecule is OC(CBr)c1ccc(F)c(F)c1. The molecule has 1 N–H and O–H groups in total. The smallest absolute Gasteiger partial charge is 0.159 e. The van der Waals surface area contributed by atoms with Gasteiger partial charge in [-0.1, -0.05) is 22.0 Å². The Hall–Kier alpha value is -0.480. The molecule has 0 spiro atoms. The molecule has 1 nitrogen and oxygen atoms in total. The molecule has 1 aromatic rings. The molecule has 0 saturated heterocycles. The monoisotopic (exact) mass is 236 g/mol. The summed E-state index contributed by atoms with van der Waals surface area (Å²) in [6.45, 7) is 0. The molecule has 0 saturated carbocycles. The van der Waals surface area contributed by atoms with E-state index in [0.717, 1.165) is 12.1 Å². The van der Waals surface area contributed by atoms with Crippen molar-refractivity contribution in [2.24, 2.45) is 0 Å². The van der Waals surface area contributed by atoms with Gasteiger partial charge in [-0.25, -0.2) is 8.78 Å². The minimum absolute atomic E-state index is 0.304. The molecule has 0 aliphatic carbocycles. The van der Waals surface area contributed by atoms with Crippen molar-refractivity contribution in [3.8, 4) is 0 Å². The van der Waals surface area contributed by atoms with Gasteiger partial charge < -0.3 is 5.11 Å². The Morgan fingerprint density at radius 2 is 2.00 bits per heavy atom. The van der Waals surface area contributed by atoms with Crippen LogP contribution in [0.5, 0.6) is 0 Å². The summed E-state index contributed by atoms with van der Waals surface area (Å²) in [6, 6.07) is 3.34. The maximum atomic E-state index is 12.6. The van der Waals surface area contributed by atoms with E-state index in [0.29, 0.717) is 10.9 Å². The standard InChI is InChI=1S/C8H7BrF2O/c9-4-8(12)5-1-2-6(10)7(11)3-5/h1-3,8,12H,4H2. The molecule has 66 valence electrons. The fourth-order valence-electron chi connectivity index (χ4n) is 0.809. The summed E-state index contributed by atoms with van der Waals surface area (Å²) >= 11 is 3.03. The molecule has 1 aromatic carbocycles. The Balaban J connectivity index is 2.96. The third kappa shape index (κ3) is 2.01. The highest BCUT2D eigenvalue weighted by molar-refractivity contribution is 9.09. The number of alkyl halides is 1. The largest absolute Gasteiger partial charge is 0.388 e. The molecule has 12 heavy (non-hydrogen) atoms. The highest BCUT2D eigenvalue weighted by atomic mass is 79.9. The second-order valence-corrected chi connectivity index (χ2v) is 2.99. The van der Waals surface area contributed by atoms with Gasteiger partial charge in [0.2, 0.25) is 0 Å².